The van der Waals surface area contributed by atoms with E-state index in [1.165, 1.54) is 0 Å². The molecular weight excluding hydrogens is 368 g/mol. The van der Waals surface area contributed by atoms with E-state index in [-0.39, 0.29) is 15.9 Å². The van der Waals surface area contributed by atoms with Gasteiger partial charge < -0.3 is 9.47 Å². The van der Waals surface area contributed by atoms with Gasteiger partial charge in [-0.05, 0) is 37.3 Å². The van der Waals surface area contributed by atoms with Crippen molar-refractivity contribution in [2.45, 2.75) is 22.8 Å². The average Bonchev–Trinajstić information content (AvgIpc) is 3.30. The van der Waals surface area contributed by atoms with E-state index >= 15 is 0 Å². The van der Waals surface area contributed by atoms with Gasteiger partial charge >= 0.3 is 0 Å². The molecule has 4 nitrogen and oxygen atoms in total. The lowest BCUT2D eigenvalue weighted by Gasteiger charge is -2.12. The van der Waals surface area contributed by atoms with Crippen molar-refractivity contribution in [3.8, 4) is 5.75 Å². The Morgan fingerprint density at radius 1 is 1.23 bits per heavy atom. The Kier molecular flexibility index (Phi) is 4.25. The van der Waals surface area contributed by atoms with Crippen molar-refractivity contribution in [2.75, 3.05) is 13.2 Å². The quantitative estimate of drug-likeness (QED) is 0.743. The summed E-state index contributed by atoms with van der Waals surface area (Å²) in [5, 5.41) is 0. The summed E-state index contributed by atoms with van der Waals surface area (Å²) in [6.45, 7) is 2.94. The van der Waals surface area contributed by atoms with E-state index in [4.69, 9.17) is 9.47 Å². The van der Waals surface area contributed by atoms with Crippen LogP contribution in [0, 0.1) is 6.92 Å². The zero-order valence-corrected chi connectivity index (χ0v) is 14.4. The summed E-state index contributed by atoms with van der Waals surface area (Å²) in [4.78, 5) is 0.412. The van der Waals surface area contributed by atoms with Gasteiger partial charge in [-0.2, -0.15) is 0 Å². The summed E-state index contributed by atoms with van der Waals surface area (Å²) in [5.74, 6) is 0.347. The molecule has 0 bridgehead atoms. The number of epoxide rings is 1. The van der Waals surface area contributed by atoms with Gasteiger partial charge in [0.2, 0.25) is 9.84 Å². The maximum Gasteiger partial charge on any atom is 0.210 e. The van der Waals surface area contributed by atoms with Crippen molar-refractivity contribution < 1.29 is 17.9 Å². The fourth-order valence-electron chi connectivity index (χ4n) is 2.00. The lowest BCUT2D eigenvalue weighted by molar-refractivity contribution is 0.258. The molecule has 1 unspecified atom stereocenters. The van der Waals surface area contributed by atoms with Crippen LogP contribution in [-0.4, -0.2) is 27.7 Å². The molecule has 116 valence electrons. The zero-order valence-electron chi connectivity index (χ0n) is 12.0. The third kappa shape index (κ3) is 3.34. The first-order valence-electron chi connectivity index (χ1n) is 6.82. The van der Waals surface area contributed by atoms with Crippen LogP contribution in [0.1, 0.15) is 5.56 Å². The Hall–Kier alpha value is -1.37. The monoisotopic (exact) mass is 382 g/mol. The predicted molar refractivity (Wildman–Crippen MR) is 86.0 cm³/mol. The lowest BCUT2D eigenvalue weighted by Crippen LogP contribution is -2.09. The molecule has 1 atom stereocenters. The molecule has 0 N–H and O–H groups in total. The third-order valence-electron chi connectivity index (χ3n) is 3.35. The molecular formula is C16H15BrO4S. The van der Waals surface area contributed by atoms with Crippen LogP contribution in [0.5, 0.6) is 5.75 Å². The van der Waals surface area contributed by atoms with Crippen molar-refractivity contribution in [1.82, 2.24) is 0 Å². The van der Waals surface area contributed by atoms with Crippen LogP contribution in [0.15, 0.2) is 56.7 Å². The Bertz CT molecular complexity index is 780. The topological polar surface area (TPSA) is 55.9 Å². The van der Waals surface area contributed by atoms with Crippen molar-refractivity contribution in [3.05, 3.63) is 52.5 Å². The molecule has 1 saturated heterocycles. The summed E-state index contributed by atoms with van der Waals surface area (Å²) >= 11 is 3.32. The van der Waals surface area contributed by atoms with E-state index in [0.29, 0.717) is 23.4 Å². The molecule has 0 radical (unpaired) electrons. The second kappa shape index (κ2) is 6.02. The van der Waals surface area contributed by atoms with Gasteiger partial charge in [-0.1, -0.05) is 33.6 Å². The number of aryl methyl sites for hydroxylation is 1. The summed E-state index contributed by atoms with van der Waals surface area (Å²) in [5.41, 5.74) is 1.01. The minimum atomic E-state index is -3.63. The van der Waals surface area contributed by atoms with Gasteiger partial charge in [0, 0.05) is 4.47 Å². The summed E-state index contributed by atoms with van der Waals surface area (Å²) < 4.78 is 37.1. The molecule has 0 aliphatic carbocycles. The van der Waals surface area contributed by atoms with Crippen LogP contribution >= 0.6 is 15.9 Å². The van der Waals surface area contributed by atoms with Crippen LogP contribution in [0.25, 0.3) is 0 Å². The van der Waals surface area contributed by atoms with Gasteiger partial charge in [0.15, 0.2) is 0 Å². The molecule has 6 heteroatoms. The molecule has 2 aromatic rings. The van der Waals surface area contributed by atoms with Gasteiger partial charge in [-0.3, -0.25) is 0 Å². The Labute approximate surface area is 138 Å². The minimum Gasteiger partial charge on any atom is -0.489 e. The van der Waals surface area contributed by atoms with E-state index in [1.807, 2.05) is 6.92 Å². The highest BCUT2D eigenvalue weighted by molar-refractivity contribution is 9.10. The second-order valence-corrected chi connectivity index (χ2v) is 8.01. The highest BCUT2D eigenvalue weighted by atomic mass is 79.9. The van der Waals surface area contributed by atoms with E-state index in [0.717, 1.165) is 5.56 Å². The molecule has 0 aromatic heterocycles. The number of hydrogen-bond donors (Lipinski definition) is 0. The van der Waals surface area contributed by atoms with E-state index in [2.05, 4.69) is 15.9 Å². The molecule has 1 aliphatic heterocycles. The van der Waals surface area contributed by atoms with E-state index in [9.17, 15) is 8.42 Å². The minimum absolute atomic E-state index is 0.0681. The third-order valence-corrected chi connectivity index (χ3v) is 5.64. The van der Waals surface area contributed by atoms with Gasteiger partial charge in [0.05, 0.1) is 11.5 Å². The average molecular weight is 383 g/mol. The van der Waals surface area contributed by atoms with E-state index < -0.39 is 9.84 Å². The number of sulfone groups is 1. The molecule has 1 fully saturated rings. The molecule has 0 spiro atoms. The predicted octanol–water partition coefficient (Wildman–Crippen LogP) is 3.37. The summed E-state index contributed by atoms with van der Waals surface area (Å²) in [6.07, 6.45) is 0.0681. The standard InChI is InChI=1S/C16H15BrO4S/c1-11-2-5-14(6-3-11)22(18,19)16-8-12(17)4-7-15(16)21-10-13-9-20-13/h2-8,13H,9-10H2,1H3. The first-order valence-corrected chi connectivity index (χ1v) is 9.10. The van der Waals surface area contributed by atoms with Crippen molar-refractivity contribution in [3.63, 3.8) is 0 Å². The van der Waals surface area contributed by atoms with Crippen LogP contribution in [-0.2, 0) is 14.6 Å². The summed E-state index contributed by atoms with van der Waals surface area (Å²) in [6, 6.07) is 11.8. The number of rotatable bonds is 5. The highest BCUT2D eigenvalue weighted by Crippen LogP contribution is 2.32. The highest BCUT2D eigenvalue weighted by Gasteiger charge is 2.26. The number of ether oxygens (including phenoxy) is 2. The number of hydrogen-bond acceptors (Lipinski definition) is 4. The van der Waals surface area contributed by atoms with Crippen LogP contribution < -0.4 is 4.74 Å². The van der Waals surface area contributed by atoms with Gasteiger partial charge in [-0.15, -0.1) is 0 Å². The Morgan fingerprint density at radius 2 is 1.91 bits per heavy atom. The zero-order chi connectivity index (χ0) is 15.7. The van der Waals surface area contributed by atoms with Crippen molar-refractivity contribution in [1.29, 1.82) is 0 Å². The number of halogens is 1. The normalized spacial score (nSPS) is 17.3. The van der Waals surface area contributed by atoms with Crippen molar-refractivity contribution in [2.24, 2.45) is 0 Å². The molecule has 0 amide bonds. The second-order valence-electron chi connectivity index (χ2n) is 5.17. The van der Waals surface area contributed by atoms with Crippen LogP contribution in [0.2, 0.25) is 0 Å². The molecule has 1 heterocycles. The first-order chi connectivity index (χ1) is 10.5. The fourth-order valence-corrected chi connectivity index (χ4v) is 3.94. The fraction of sp³-hybridized carbons (Fsp3) is 0.250. The van der Waals surface area contributed by atoms with Gasteiger partial charge in [0.25, 0.3) is 0 Å². The molecule has 22 heavy (non-hydrogen) atoms. The van der Waals surface area contributed by atoms with Gasteiger partial charge in [0.1, 0.15) is 23.4 Å². The van der Waals surface area contributed by atoms with Crippen LogP contribution in [0.4, 0.5) is 0 Å². The molecule has 2 aromatic carbocycles. The van der Waals surface area contributed by atoms with E-state index in [1.54, 1.807) is 42.5 Å². The smallest absolute Gasteiger partial charge is 0.210 e. The molecule has 1 aliphatic rings. The maximum atomic E-state index is 12.8. The largest absolute Gasteiger partial charge is 0.489 e. The lowest BCUT2D eigenvalue weighted by atomic mass is 10.2. The van der Waals surface area contributed by atoms with Gasteiger partial charge in [-0.25, -0.2) is 8.42 Å². The first kappa shape index (κ1) is 15.5. The van der Waals surface area contributed by atoms with Crippen LogP contribution in [0.3, 0.4) is 0 Å². The Balaban J connectivity index is 2.00. The SMILES string of the molecule is Cc1ccc(S(=O)(=O)c2cc(Br)ccc2OCC2CO2)cc1. The molecule has 3 rings (SSSR count). The Morgan fingerprint density at radius 3 is 2.55 bits per heavy atom. The summed E-state index contributed by atoms with van der Waals surface area (Å²) in [7, 11) is -3.63. The molecule has 0 saturated carbocycles. The van der Waals surface area contributed by atoms with Crippen molar-refractivity contribution >= 4 is 25.8 Å². The number of benzene rings is 2. The maximum absolute atomic E-state index is 12.8.